The molecule has 0 unspecified atom stereocenters. The van der Waals surface area contributed by atoms with Gasteiger partial charge in [-0.15, -0.1) is 0 Å². The van der Waals surface area contributed by atoms with E-state index in [4.69, 9.17) is 5.11 Å². The van der Waals surface area contributed by atoms with Crippen molar-refractivity contribution in [1.29, 1.82) is 0 Å². The monoisotopic (exact) mass is 290 g/mol. The number of nitrogens with one attached hydrogen (secondary N) is 1. The normalized spacial score (nSPS) is 14.0. The maximum atomic E-state index is 12.3. The van der Waals surface area contributed by atoms with Crippen molar-refractivity contribution in [3.8, 4) is 0 Å². The van der Waals surface area contributed by atoms with Crippen LogP contribution in [0.25, 0.3) is 0 Å². The van der Waals surface area contributed by atoms with Crippen LogP contribution in [0.15, 0.2) is 24.3 Å². The summed E-state index contributed by atoms with van der Waals surface area (Å²) in [7, 11) is 0. The third kappa shape index (κ3) is 4.48. The van der Waals surface area contributed by atoms with Crippen LogP contribution < -0.4 is 5.32 Å². The average Bonchev–Trinajstić information content (AvgIpc) is 3.23. The molecule has 5 heteroatoms. The zero-order valence-electron chi connectivity index (χ0n) is 12.5. The lowest BCUT2D eigenvalue weighted by Crippen LogP contribution is -2.37. The Morgan fingerprint density at radius 2 is 1.90 bits per heavy atom. The number of benzene rings is 1. The standard InChI is InChI=1S/C16H22N2O3/c1-11(2)9-10-18(14-7-8-14)16(21)17-13-5-3-12(4-6-13)15(19)20/h3-6,11,14H,7-10H2,1-2H3,(H,17,21)(H,19,20). The molecule has 5 nitrogen and oxygen atoms in total. The van der Waals surface area contributed by atoms with Gasteiger partial charge < -0.3 is 15.3 Å². The summed E-state index contributed by atoms with van der Waals surface area (Å²) in [6.07, 6.45) is 3.13. The van der Waals surface area contributed by atoms with Crippen LogP contribution in [0.3, 0.4) is 0 Å². The second-order valence-corrected chi connectivity index (χ2v) is 5.92. The first-order chi connectivity index (χ1) is 9.97. The van der Waals surface area contributed by atoms with Gasteiger partial charge >= 0.3 is 12.0 Å². The van der Waals surface area contributed by atoms with Crippen molar-refractivity contribution in [1.82, 2.24) is 4.90 Å². The van der Waals surface area contributed by atoms with E-state index in [-0.39, 0.29) is 11.6 Å². The van der Waals surface area contributed by atoms with Crippen LogP contribution in [0, 0.1) is 5.92 Å². The number of hydrogen-bond donors (Lipinski definition) is 2. The SMILES string of the molecule is CC(C)CCN(C(=O)Nc1ccc(C(=O)O)cc1)C1CC1. The summed E-state index contributed by atoms with van der Waals surface area (Å²) < 4.78 is 0. The Morgan fingerprint density at radius 3 is 2.38 bits per heavy atom. The van der Waals surface area contributed by atoms with E-state index in [1.165, 1.54) is 12.1 Å². The number of urea groups is 1. The molecule has 2 N–H and O–H groups in total. The van der Waals surface area contributed by atoms with E-state index in [1.54, 1.807) is 12.1 Å². The predicted molar refractivity (Wildman–Crippen MR) is 81.6 cm³/mol. The lowest BCUT2D eigenvalue weighted by atomic mass is 10.1. The fraction of sp³-hybridized carbons (Fsp3) is 0.500. The Labute approximate surface area is 125 Å². The molecule has 114 valence electrons. The molecule has 1 aliphatic carbocycles. The Hall–Kier alpha value is -2.04. The molecule has 1 fully saturated rings. The van der Waals surface area contributed by atoms with Crippen LogP contribution in [0.1, 0.15) is 43.5 Å². The molecule has 1 saturated carbocycles. The molecule has 0 heterocycles. The number of amides is 2. The Balaban J connectivity index is 1.96. The summed E-state index contributed by atoms with van der Waals surface area (Å²) in [5.74, 6) is -0.404. The second-order valence-electron chi connectivity index (χ2n) is 5.92. The lowest BCUT2D eigenvalue weighted by Gasteiger charge is -2.23. The smallest absolute Gasteiger partial charge is 0.335 e. The molecule has 0 spiro atoms. The van der Waals surface area contributed by atoms with Crippen molar-refractivity contribution in [2.24, 2.45) is 5.92 Å². The highest BCUT2D eigenvalue weighted by Gasteiger charge is 2.32. The van der Waals surface area contributed by atoms with Gasteiger partial charge in [0, 0.05) is 18.3 Å². The van der Waals surface area contributed by atoms with Gasteiger partial charge in [-0.3, -0.25) is 0 Å². The first kappa shape index (κ1) is 15.4. The van der Waals surface area contributed by atoms with E-state index in [2.05, 4.69) is 19.2 Å². The van der Waals surface area contributed by atoms with Gasteiger partial charge in [-0.25, -0.2) is 9.59 Å². The van der Waals surface area contributed by atoms with Gasteiger partial charge in [0.1, 0.15) is 0 Å². The molecule has 0 radical (unpaired) electrons. The largest absolute Gasteiger partial charge is 0.478 e. The molecular formula is C16H22N2O3. The van der Waals surface area contributed by atoms with Crippen molar-refractivity contribution in [2.75, 3.05) is 11.9 Å². The number of carboxylic acid groups (broad SMARTS) is 1. The minimum absolute atomic E-state index is 0.0961. The number of anilines is 1. The van der Waals surface area contributed by atoms with Gasteiger partial charge in [0.05, 0.1) is 5.56 Å². The topological polar surface area (TPSA) is 69.6 Å². The first-order valence-corrected chi connectivity index (χ1v) is 7.38. The number of carboxylic acids is 1. The van der Waals surface area contributed by atoms with Gasteiger partial charge in [-0.1, -0.05) is 13.8 Å². The van der Waals surface area contributed by atoms with E-state index in [0.717, 1.165) is 25.8 Å². The molecule has 2 rings (SSSR count). The minimum Gasteiger partial charge on any atom is -0.478 e. The summed E-state index contributed by atoms with van der Waals surface area (Å²) >= 11 is 0. The molecule has 0 aliphatic heterocycles. The molecule has 1 aliphatic rings. The van der Waals surface area contributed by atoms with Crippen molar-refractivity contribution < 1.29 is 14.7 Å². The molecule has 1 aromatic rings. The van der Waals surface area contributed by atoms with Gasteiger partial charge in [0.25, 0.3) is 0 Å². The van der Waals surface area contributed by atoms with Crippen molar-refractivity contribution in [3.05, 3.63) is 29.8 Å². The maximum absolute atomic E-state index is 12.3. The fourth-order valence-electron chi connectivity index (χ4n) is 2.12. The molecule has 2 amide bonds. The third-order valence-corrected chi connectivity index (χ3v) is 3.58. The van der Waals surface area contributed by atoms with E-state index in [0.29, 0.717) is 17.6 Å². The van der Waals surface area contributed by atoms with Gasteiger partial charge in [0.2, 0.25) is 0 Å². The van der Waals surface area contributed by atoms with Gasteiger partial charge in [-0.2, -0.15) is 0 Å². The van der Waals surface area contributed by atoms with Gasteiger partial charge in [-0.05, 0) is 49.4 Å². The maximum Gasteiger partial charge on any atom is 0.335 e. The second kappa shape index (κ2) is 6.61. The molecule has 1 aromatic carbocycles. The molecule has 0 saturated heterocycles. The highest BCUT2D eigenvalue weighted by atomic mass is 16.4. The van der Waals surface area contributed by atoms with Gasteiger partial charge in [0.15, 0.2) is 0 Å². The highest BCUT2D eigenvalue weighted by molar-refractivity contribution is 5.91. The highest BCUT2D eigenvalue weighted by Crippen LogP contribution is 2.28. The fourth-order valence-corrected chi connectivity index (χ4v) is 2.12. The molecule has 0 bridgehead atoms. The lowest BCUT2D eigenvalue weighted by molar-refractivity contribution is 0.0697. The molecule has 21 heavy (non-hydrogen) atoms. The molecular weight excluding hydrogens is 268 g/mol. The van der Waals surface area contributed by atoms with Crippen molar-refractivity contribution in [2.45, 2.75) is 39.2 Å². The van der Waals surface area contributed by atoms with Crippen LogP contribution in [0.4, 0.5) is 10.5 Å². The Kier molecular flexibility index (Phi) is 4.83. The number of carbonyl (C=O) groups is 2. The molecule has 0 atom stereocenters. The molecule has 0 aromatic heterocycles. The van der Waals surface area contributed by atoms with Crippen molar-refractivity contribution in [3.63, 3.8) is 0 Å². The number of carbonyl (C=O) groups excluding carboxylic acids is 1. The van der Waals surface area contributed by atoms with Crippen LogP contribution in [0.2, 0.25) is 0 Å². The average molecular weight is 290 g/mol. The quantitative estimate of drug-likeness (QED) is 0.843. The summed E-state index contributed by atoms with van der Waals surface area (Å²) in [4.78, 5) is 25.0. The Morgan fingerprint density at radius 1 is 1.29 bits per heavy atom. The van der Waals surface area contributed by atoms with Crippen LogP contribution in [-0.4, -0.2) is 34.6 Å². The van der Waals surface area contributed by atoms with E-state index >= 15 is 0 Å². The summed E-state index contributed by atoms with van der Waals surface area (Å²) in [5.41, 5.74) is 0.840. The minimum atomic E-state index is -0.968. The van der Waals surface area contributed by atoms with Crippen LogP contribution >= 0.6 is 0 Å². The number of nitrogens with zero attached hydrogens (tertiary/aromatic N) is 1. The van der Waals surface area contributed by atoms with Crippen LogP contribution in [0.5, 0.6) is 0 Å². The number of rotatable bonds is 6. The Bertz CT molecular complexity index is 507. The van der Waals surface area contributed by atoms with E-state index in [9.17, 15) is 9.59 Å². The zero-order chi connectivity index (χ0) is 15.4. The zero-order valence-corrected chi connectivity index (χ0v) is 12.5. The third-order valence-electron chi connectivity index (χ3n) is 3.58. The van der Waals surface area contributed by atoms with E-state index < -0.39 is 5.97 Å². The summed E-state index contributed by atoms with van der Waals surface area (Å²) in [6.45, 7) is 5.06. The number of hydrogen-bond acceptors (Lipinski definition) is 2. The van der Waals surface area contributed by atoms with E-state index in [1.807, 2.05) is 4.90 Å². The predicted octanol–water partition coefficient (Wildman–Crippen LogP) is 3.43. The number of aromatic carboxylic acids is 1. The van der Waals surface area contributed by atoms with Crippen LogP contribution in [-0.2, 0) is 0 Å². The first-order valence-electron chi connectivity index (χ1n) is 7.38. The van der Waals surface area contributed by atoms with Crippen molar-refractivity contribution >= 4 is 17.7 Å². The summed E-state index contributed by atoms with van der Waals surface area (Å²) in [5, 5.41) is 11.7. The summed E-state index contributed by atoms with van der Waals surface area (Å²) in [6, 6.07) is 6.49.